The Morgan fingerprint density at radius 2 is 2.10 bits per heavy atom. The van der Waals surface area contributed by atoms with Crippen LogP contribution in [0.1, 0.15) is 39.0 Å². The van der Waals surface area contributed by atoms with Crippen molar-refractivity contribution in [3.05, 3.63) is 28.3 Å². The molecule has 0 radical (unpaired) electrons. The van der Waals surface area contributed by atoms with Crippen LogP contribution in [-0.4, -0.2) is 23.6 Å². The van der Waals surface area contributed by atoms with E-state index in [0.717, 1.165) is 25.7 Å². The maximum Gasteiger partial charge on any atom is 0.275 e. The number of nitrogens with two attached hydrogens (primary N) is 1. The van der Waals surface area contributed by atoms with Gasteiger partial charge in [0.15, 0.2) is 0 Å². The van der Waals surface area contributed by atoms with Gasteiger partial charge in [0, 0.05) is 29.9 Å². The molecule has 2 atom stereocenters. The van der Waals surface area contributed by atoms with E-state index < -0.39 is 4.92 Å². The third kappa shape index (κ3) is 4.32. The number of anilines is 1. The summed E-state index contributed by atoms with van der Waals surface area (Å²) >= 11 is 0. The van der Waals surface area contributed by atoms with Gasteiger partial charge in [0.2, 0.25) is 0 Å². The fourth-order valence-corrected chi connectivity index (χ4v) is 2.75. The van der Waals surface area contributed by atoms with Crippen molar-refractivity contribution >= 4 is 11.4 Å². The number of benzene rings is 1. The van der Waals surface area contributed by atoms with Gasteiger partial charge in [-0.25, -0.2) is 0 Å². The number of non-ortho nitro benzene ring substituents is 1. The van der Waals surface area contributed by atoms with Crippen molar-refractivity contribution in [2.45, 2.75) is 51.1 Å². The number of nitrogens with one attached hydrogen (secondary N) is 1. The molecule has 0 heterocycles. The molecule has 116 valence electrons. The first-order valence-corrected chi connectivity index (χ1v) is 7.54. The third-order valence-corrected chi connectivity index (χ3v) is 3.83. The maximum absolute atomic E-state index is 11.0. The molecule has 0 bridgehead atoms. The minimum absolute atomic E-state index is 0.0330. The largest absolute Gasteiger partial charge is 0.494 e. The van der Waals surface area contributed by atoms with Gasteiger partial charge in [-0.15, -0.1) is 0 Å². The monoisotopic (exact) mass is 293 g/mol. The summed E-state index contributed by atoms with van der Waals surface area (Å²) in [6.07, 6.45) is 5.47. The van der Waals surface area contributed by atoms with Crippen LogP contribution in [0, 0.1) is 10.1 Å². The van der Waals surface area contributed by atoms with Crippen LogP contribution < -0.4 is 15.8 Å². The normalized spacial score (nSPS) is 22.4. The number of rotatable bonds is 5. The fourth-order valence-electron chi connectivity index (χ4n) is 2.75. The second kappa shape index (κ2) is 7.26. The molecule has 1 aromatic rings. The van der Waals surface area contributed by atoms with Crippen molar-refractivity contribution < 1.29 is 9.66 Å². The molecule has 6 nitrogen and oxygen atoms in total. The van der Waals surface area contributed by atoms with E-state index in [0.29, 0.717) is 18.0 Å². The van der Waals surface area contributed by atoms with E-state index >= 15 is 0 Å². The molecule has 1 aliphatic carbocycles. The Kier molecular flexibility index (Phi) is 5.38. The summed E-state index contributed by atoms with van der Waals surface area (Å²) in [7, 11) is 0. The van der Waals surface area contributed by atoms with Crippen molar-refractivity contribution in [2.75, 3.05) is 11.9 Å². The summed E-state index contributed by atoms with van der Waals surface area (Å²) in [4.78, 5) is 10.6. The molecule has 3 N–H and O–H groups in total. The van der Waals surface area contributed by atoms with Crippen LogP contribution in [0.2, 0.25) is 0 Å². The first kappa shape index (κ1) is 15.6. The zero-order chi connectivity index (χ0) is 15.2. The first-order valence-electron chi connectivity index (χ1n) is 7.54. The van der Waals surface area contributed by atoms with E-state index in [2.05, 4.69) is 5.32 Å². The molecule has 0 aromatic heterocycles. The molecule has 2 unspecified atom stereocenters. The Morgan fingerprint density at radius 3 is 2.81 bits per heavy atom. The van der Waals surface area contributed by atoms with Gasteiger partial charge in [0.25, 0.3) is 5.69 Å². The SMILES string of the molecule is CCOc1cc(NC2CCCCCC2N)cc([N+](=O)[O-])c1. The predicted octanol–water partition coefficient (Wildman–Crippen LogP) is 3.07. The van der Waals surface area contributed by atoms with E-state index in [4.69, 9.17) is 10.5 Å². The lowest BCUT2D eigenvalue weighted by Gasteiger charge is -2.24. The molecular formula is C15H23N3O3. The van der Waals surface area contributed by atoms with Gasteiger partial charge in [-0.05, 0) is 19.8 Å². The van der Waals surface area contributed by atoms with Crippen LogP contribution in [0.3, 0.4) is 0 Å². The highest BCUT2D eigenvalue weighted by molar-refractivity contribution is 5.57. The van der Waals surface area contributed by atoms with Crippen LogP contribution in [0.25, 0.3) is 0 Å². The van der Waals surface area contributed by atoms with Crippen molar-refractivity contribution in [1.82, 2.24) is 0 Å². The molecule has 1 fully saturated rings. The van der Waals surface area contributed by atoms with Gasteiger partial charge in [-0.3, -0.25) is 10.1 Å². The smallest absolute Gasteiger partial charge is 0.275 e. The van der Waals surface area contributed by atoms with E-state index in [1.807, 2.05) is 6.92 Å². The molecule has 1 saturated carbocycles. The standard InChI is InChI=1S/C15H23N3O3/c1-2-21-13-9-11(8-12(10-13)18(19)20)17-15-7-5-3-4-6-14(15)16/h8-10,14-15,17H,2-7,16H2,1H3. The van der Waals surface area contributed by atoms with E-state index in [-0.39, 0.29) is 17.8 Å². The fraction of sp³-hybridized carbons (Fsp3) is 0.600. The summed E-state index contributed by atoms with van der Waals surface area (Å²) in [5.74, 6) is 0.511. The minimum Gasteiger partial charge on any atom is -0.494 e. The number of ether oxygens (including phenoxy) is 1. The first-order chi connectivity index (χ1) is 10.1. The van der Waals surface area contributed by atoms with Crippen LogP contribution in [-0.2, 0) is 0 Å². The zero-order valence-corrected chi connectivity index (χ0v) is 12.4. The molecule has 6 heteroatoms. The summed E-state index contributed by atoms with van der Waals surface area (Å²) < 4.78 is 5.40. The predicted molar refractivity (Wildman–Crippen MR) is 82.7 cm³/mol. The van der Waals surface area contributed by atoms with Crippen LogP contribution in [0.4, 0.5) is 11.4 Å². The summed E-state index contributed by atoms with van der Waals surface area (Å²) in [5.41, 5.74) is 6.93. The molecular weight excluding hydrogens is 270 g/mol. The number of nitrogens with zero attached hydrogens (tertiary/aromatic N) is 1. The number of nitro benzene ring substituents is 1. The van der Waals surface area contributed by atoms with E-state index in [1.165, 1.54) is 12.5 Å². The Morgan fingerprint density at radius 1 is 1.33 bits per heavy atom. The average Bonchev–Trinajstić information content (AvgIpc) is 2.64. The zero-order valence-electron chi connectivity index (χ0n) is 12.4. The van der Waals surface area contributed by atoms with Gasteiger partial charge >= 0.3 is 0 Å². The van der Waals surface area contributed by atoms with Gasteiger partial charge in [0.1, 0.15) is 5.75 Å². The maximum atomic E-state index is 11.0. The van der Waals surface area contributed by atoms with Crippen molar-refractivity contribution in [2.24, 2.45) is 5.73 Å². The molecule has 1 aliphatic rings. The highest BCUT2D eigenvalue weighted by Gasteiger charge is 2.21. The number of hydrogen-bond donors (Lipinski definition) is 2. The highest BCUT2D eigenvalue weighted by Crippen LogP contribution is 2.28. The Labute approximate surface area is 124 Å². The second-order valence-electron chi connectivity index (χ2n) is 5.46. The lowest BCUT2D eigenvalue weighted by atomic mass is 10.0. The van der Waals surface area contributed by atoms with Gasteiger partial charge < -0.3 is 15.8 Å². The lowest BCUT2D eigenvalue weighted by Crippen LogP contribution is -2.39. The topological polar surface area (TPSA) is 90.4 Å². The molecule has 0 amide bonds. The third-order valence-electron chi connectivity index (χ3n) is 3.83. The molecule has 0 aliphatic heterocycles. The average molecular weight is 293 g/mol. The van der Waals surface area contributed by atoms with E-state index in [1.54, 1.807) is 12.1 Å². The summed E-state index contributed by atoms with van der Waals surface area (Å²) in [6, 6.07) is 5.03. The molecule has 2 rings (SSSR count). The van der Waals surface area contributed by atoms with Gasteiger partial charge in [0.05, 0.1) is 17.6 Å². The quantitative estimate of drug-likeness (QED) is 0.494. The van der Waals surface area contributed by atoms with Crippen molar-refractivity contribution in [1.29, 1.82) is 0 Å². The highest BCUT2D eigenvalue weighted by atomic mass is 16.6. The molecule has 21 heavy (non-hydrogen) atoms. The van der Waals surface area contributed by atoms with Gasteiger partial charge in [-0.1, -0.05) is 19.3 Å². The van der Waals surface area contributed by atoms with Gasteiger partial charge in [-0.2, -0.15) is 0 Å². The van der Waals surface area contributed by atoms with Crippen LogP contribution in [0.15, 0.2) is 18.2 Å². The Hall–Kier alpha value is -1.82. The molecule has 1 aromatic carbocycles. The number of hydrogen-bond acceptors (Lipinski definition) is 5. The lowest BCUT2D eigenvalue weighted by molar-refractivity contribution is -0.384. The van der Waals surface area contributed by atoms with Crippen molar-refractivity contribution in [3.63, 3.8) is 0 Å². The summed E-state index contributed by atoms with van der Waals surface area (Å²) in [6.45, 7) is 2.33. The Balaban J connectivity index is 2.19. The summed E-state index contributed by atoms with van der Waals surface area (Å²) in [5, 5.41) is 14.4. The van der Waals surface area contributed by atoms with Crippen molar-refractivity contribution in [3.8, 4) is 5.75 Å². The Bertz CT molecular complexity index is 493. The van der Waals surface area contributed by atoms with E-state index in [9.17, 15) is 10.1 Å². The second-order valence-corrected chi connectivity index (χ2v) is 5.46. The number of nitro groups is 1. The minimum atomic E-state index is -0.402. The molecule has 0 saturated heterocycles. The molecule has 0 spiro atoms. The van der Waals surface area contributed by atoms with Crippen LogP contribution in [0.5, 0.6) is 5.75 Å². The van der Waals surface area contributed by atoms with Crippen LogP contribution >= 0.6 is 0 Å².